The molecule has 0 aliphatic carbocycles. The summed E-state index contributed by atoms with van der Waals surface area (Å²) in [5, 5.41) is 0. The summed E-state index contributed by atoms with van der Waals surface area (Å²) < 4.78 is 6.08. The van der Waals surface area contributed by atoms with Crippen molar-refractivity contribution in [3.63, 3.8) is 0 Å². The van der Waals surface area contributed by atoms with E-state index in [0.29, 0.717) is 0 Å². The van der Waals surface area contributed by atoms with Gasteiger partial charge >= 0.3 is 0 Å². The van der Waals surface area contributed by atoms with Gasteiger partial charge in [-0.2, -0.15) is 0 Å². The number of aldehydes is 1. The Morgan fingerprint density at radius 2 is 1.36 bits per heavy atom. The Hall–Kier alpha value is -1.97. The highest BCUT2D eigenvalue weighted by atomic mass is 16.5. The highest BCUT2D eigenvalue weighted by Gasteiger charge is 2.13. The molecule has 0 aromatic heterocycles. The van der Waals surface area contributed by atoms with Gasteiger partial charge in [0.25, 0.3) is 0 Å². The maximum Gasteiger partial charge on any atom is 0.116 e. The predicted octanol–water partition coefficient (Wildman–Crippen LogP) is 3.56. The summed E-state index contributed by atoms with van der Waals surface area (Å²) in [6.07, 6.45) is 0.766. The van der Waals surface area contributed by atoms with Gasteiger partial charge in [-0.25, -0.2) is 0 Å². The maximum atomic E-state index is 8.81. The van der Waals surface area contributed by atoms with Gasteiger partial charge in [-0.3, -0.25) is 0 Å². The zero-order chi connectivity index (χ0) is 16.2. The van der Waals surface area contributed by atoms with E-state index in [4.69, 9.17) is 9.53 Å². The van der Waals surface area contributed by atoms with E-state index in [-0.39, 0.29) is 6.10 Å². The highest BCUT2D eigenvalue weighted by molar-refractivity contribution is 5.44. The molecule has 3 nitrogen and oxygen atoms in total. The van der Waals surface area contributed by atoms with Crippen molar-refractivity contribution in [3.8, 4) is 0 Å². The van der Waals surface area contributed by atoms with Gasteiger partial charge < -0.3 is 14.4 Å². The fourth-order valence-corrected chi connectivity index (χ4v) is 1.99. The average Bonchev–Trinajstić information content (AvgIpc) is 2.54. The molecule has 0 aliphatic rings. The van der Waals surface area contributed by atoms with Crippen molar-refractivity contribution in [3.05, 3.63) is 71.8 Å². The maximum absolute atomic E-state index is 8.81. The molecule has 0 atom stereocenters. The first-order valence-corrected chi connectivity index (χ1v) is 7.45. The summed E-state index contributed by atoms with van der Waals surface area (Å²) >= 11 is 0. The molecule has 118 valence electrons. The monoisotopic (exact) mass is 299 g/mol. The number of likely N-dealkylation sites (N-methyl/N-ethyl adjacent to an activating group) is 1. The second-order valence-electron chi connectivity index (χ2n) is 5.11. The van der Waals surface area contributed by atoms with E-state index >= 15 is 0 Å². The van der Waals surface area contributed by atoms with Crippen molar-refractivity contribution in [2.24, 2.45) is 0 Å². The fraction of sp³-hybridized carbons (Fsp3) is 0.316. The van der Waals surface area contributed by atoms with Crippen molar-refractivity contribution in [2.75, 3.05) is 27.2 Å². The number of nitrogens with zero attached hydrogens (tertiary/aromatic N) is 1. The van der Waals surface area contributed by atoms with Crippen molar-refractivity contribution in [1.82, 2.24) is 4.90 Å². The zero-order valence-electron chi connectivity index (χ0n) is 13.6. The molecular weight excluding hydrogens is 274 g/mol. The second-order valence-corrected chi connectivity index (χ2v) is 5.11. The van der Waals surface area contributed by atoms with Gasteiger partial charge in [0.15, 0.2) is 0 Å². The number of hydrogen-bond acceptors (Lipinski definition) is 3. The largest absolute Gasteiger partial charge is 0.367 e. The van der Waals surface area contributed by atoms with Crippen LogP contribution in [0.25, 0.3) is 0 Å². The number of carbonyl (C=O) groups is 1. The molecule has 0 fully saturated rings. The minimum atomic E-state index is 0.0161. The van der Waals surface area contributed by atoms with Gasteiger partial charge in [-0.15, -0.1) is 0 Å². The molecular formula is C19H25NO2. The van der Waals surface area contributed by atoms with Gasteiger partial charge in [-0.05, 0) is 32.1 Å². The summed E-state index contributed by atoms with van der Waals surface area (Å²) in [6.45, 7) is 3.09. The van der Waals surface area contributed by atoms with E-state index in [1.807, 2.05) is 12.1 Å². The molecule has 0 heterocycles. The zero-order valence-corrected chi connectivity index (χ0v) is 13.6. The van der Waals surface area contributed by atoms with Crippen LogP contribution in [0.2, 0.25) is 0 Å². The minimum Gasteiger partial charge on any atom is -0.367 e. The Labute approximate surface area is 133 Å². The molecule has 3 heteroatoms. The predicted molar refractivity (Wildman–Crippen MR) is 91.0 cm³/mol. The topological polar surface area (TPSA) is 29.5 Å². The molecule has 0 bridgehead atoms. The Morgan fingerprint density at radius 3 is 1.73 bits per heavy atom. The summed E-state index contributed by atoms with van der Waals surface area (Å²) in [6, 6.07) is 20.8. The van der Waals surface area contributed by atoms with Crippen LogP contribution in [0, 0.1) is 0 Å². The number of hydrogen-bond donors (Lipinski definition) is 0. The highest BCUT2D eigenvalue weighted by Crippen LogP contribution is 2.25. The molecule has 0 spiro atoms. The number of benzene rings is 2. The molecule has 0 N–H and O–H groups in total. The Balaban J connectivity index is 0.000000745. The van der Waals surface area contributed by atoms with Crippen LogP contribution in [0.15, 0.2) is 60.7 Å². The van der Waals surface area contributed by atoms with Gasteiger partial charge in [0.1, 0.15) is 12.4 Å². The third kappa shape index (κ3) is 6.66. The van der Waals surface area contributed by atoms with Crippen molar-refractivity contribution in [2.45, 2.75) is 13.0 Å². The van der Waals surface area contributed by atoms with Crippen LogP contribution in [0.1, 0.15) is 24.2 Å². The first-order chi connectivity index (χ1) is 10.7. The van der Waals surface area contributed by atoms with E-state index in [1.54, 1.807) is 0 Å². The van der Waals surface area contributed by atoms with Gasteiger partial charge in [-0.1, -0.05) is 60.7 Å². The normalized spacial score (nSPS) is 10.2. The van der Waals surface area contributed by atoms with Gasteiger partial charge in [0, 0.05) is 6.54 Å². The Bertz CT molecular complexity index is 472. The van der Waals surface area contributed by atoms with Gasteiger partial charge in [0.2, 0.25) is 0 Å². The first-order valence-electron chi connectivity index (χ1n) is 7.45. The van der Waals surface area contributed by atoms with Crippen LogP contribution in [-0.4, -0.2) is 38.4 Å². The average molecular weight is 299 g/mol. The number of ether oxygens (including phenoxy) is 1. The lowest BCUT2D eigenvalue weighted by Crippen LogP contribution is -2.20. The van der Waals surface area contributed by atoms with Crippen molar-refractivity contribution < 1.29 is 9.53 Å². The van der Waals surface area contributed by atoms with Crippen LogP contribution < -0.4 is 0 Å². The van der Waals surface area contributed by atoms with Crippen LogP contribution >= 0.6 is 0 Å². The van der Waals surface area contributed by atoms with Gasteiger partial charge in [0.05, 0.1) is 6.61 Å². The fourth-order valence-electron chi connectivity index (χ4n) is 1.99. The molecule has 2 aromatic rings. The van der Waals surface area contributed by atoms with Crippen LogP contribution in [0.4, 0.5) is 0 Å². The van der Waals surface area contributed by atoms with Crippen LogP contribution in [0.5, 0.6) is 0 Å². The molecule has 2 aromatic carbocycles. The van der Waals surface area contributed by atoms with E-state index in [0.717, 1.165) is 19.4 Å². The lowest BCUT2D eigenvalue weighted by molar-refractivity contribution is -0.106. The first kappa shape index (κ1) is 18.1. The number of rotatable bonds is 6. The third-order valence-electron chi connectivity index (χ3n) is 3.03. The SMILES string of the molecule is CC=O.CN(C)CCOC(c1ccccc1)c1ccccc1. The lowest BCUT2D eigenvalue weighted by Gasteiger charge is -2.20. The second kappa shape index (κ2) is 10.7. The molecule has 0 aliphatic heterocycles. The summed E-state index contributed by atoms with van der Waals surface area (Å²) in [4.78, 5) is 10.9. The molecule has 2 rings (SSSR count). The molecule has 0 radical (unpaired) electrons. The number of carbonyl (C=O) groups excluding carboxylic acids is 1. The van der Waals surface area contributed by atoms with E-state index in [2.05, 4.69) is 67.5 Å². The van der Waals surface area contributed by atoms with Crippen molar-refractivity contribution >= 4 is 6.29 Å². The van der Waals surface area contributed by atoms with E-state index in [1.165, 1.54) is 18.1 Å². The minimum absolute atomic E-state index is 0.0161. The summed E-state index contributed by atoms with van der Waals surface area (Å²) in [5.41, 5.74) is 2.40. The quantitative estimate of drug-likeness (QED) is 0.764. The Kier molecular flexibility index (Phi) is 8.80. The molecule has 0 saturated heterocycles. The standard InChI is InChI=1S/C17H21NO.C2H4O/c1-18(2)13-14-19-17(15-9-5-3-6-10-15)16-11-7-4-8-12-16;1-2-3/h3-12,17H,13-14H2,1-2H3;2H,1H3. The molecule has 22 heavy (non-hydrogen) atoms. The van der Waals surface area contributed by atoms with Crippen molar-refractivity contribution in [1.29, 1.82) is 0 Å². The third-order valence-corrected chi connectivity index (χ3v) is 3.03. The molecule has 0 unspecified atom stereocenters. The summed E-state index contributed by atoms with van der Waals surface area (Å²) in [7, 11) is 4.12. The van der Waals surface area contributed by atoms with Crippen LogP contribution in [0.3, 0.4) is 0 Å². The Morgan fingerprint density at radius 1 is 0.955 bits per heavy atom. The summed E-state index contributed by atoms with van der Waals surface area (Å²) in [5.74, 6) is 0. The molecule has 0 amide bonds. The van der Waals surface area contributed by atoms with E-state index < -0.39 is 0 Å². The smallest absolute Gasteiger partial charge is 0.116 e. The molecule has 0 saturated carbocycles. The van der Waals surface area contributed by atoms with Crippen LogP contribution in [-0.2, 0) is 9.53 Å². The lowest BCUT2D eigenvalue weighted by atomic mass is 10.0. The van der Waals surface area contributed by atoms with E-state index in [9.17, 15) is 0 Å².